The van der Waals surface area contributed by atoms with E-state index in [2.05, 4.69) is 9.67 Å². The summed E-state index contributed by atoms with van der Waals surface area (Å²) in [5.41, 5.74) is 9.61. The minimum atomic E-state index is 0.371. The average Bonchev–Trinajstić information content (AvgIpc) is 3.18. The number of ether oxygens (including phenoxy) is 1. The smallest absolute Gasteiger partial charge is 0.129 e. The van der Waals surface area contributed by atoms with Crippen molar-refractivity contribution in [3.63, 3.8) is 0 Å². The van der Waals surface area contributed by atoms with Gasteiger partial charge in [-0.05, 0) is 69.3 Å². The molecule has 6 nitrogen and oxygen atoms in total. The normalized spacial score (nSPS) is 28.0. The van der Waals surface area contributed by atoms with Gasteiger partial charge in [0.1, 0.15) is 5.82 Å². The van der Waals surface area contributed by atoms with Crippen LogP contribution in [-0.4, -0.2) is 39.0 Å². The van der Waals surface area contributed by atoms with Crippen molar-refractivity contribution in [2.45, 2.75) is 69.9 Å². The molecule has 2 aromatic rings. The van der Waals surface area contributed by atoms with Crippen molar-refractivity contribution >= 4 is 0 Å². The number of nitrogens with zero attached hydrogens (tertiary/aromatic N) is 4. The van der Waals surface area contributed by atoms with Crippen molar-refractivity contribution in [2.24, 2.45) is 17.6 Å². The number of nitrogens with two attached hydrogens (primary N) is 1. The van der Waals surface area contributed by atoms with Crippen molar-refractivity contribution in [1.29, 1.82) is 0 Å². The molecule has 1 aliphatic heterocycles. The van der Waals surface area contributed by atoms with Crippen LogP contribution in [0.4, 0.5) is 0 Å². The number of hydrogen-bond acceptors (Lipinski definition) is 5. The summed E-state index contributed by atoms with van der Waals surface area (Å²) < 4.78 is 7.85. The highest BCUT2D eigenvalue weighted by atomic mass is 16.5. The molecule has 1 atom stereocenters. The zero-order valence-corrected chi connectivity index (χ0v) is 16.6. The maximum Gasteiger partial charge on any atom is 0.129 e. The monoisotopic (exact) mass is 381 g/mol. The molecule has 0 spiro atoms. The van der Waals surface area contributed by atoms with Gasteiger partial charge in [-0.2, -0.15) is 5.10 Å². The lowest BCUT2D eigenvalue weighted by Gasteiger charge is -2.25. The number of hydrogen-bond donors (Lipinski definition) is 1. The van der Waals surface area contributed by atoms with E-state index < -0.39 is 0 Å². The van der Waals surface area contributed by atoms with Gasteiger partial charge in [-0.15, -0.1) is 0 Å². The summed E-state index contributed by atoms with van der Waals surface area (Å²) in [6.07, 6.45) is 14.4. The van der Waals surface area contributed by atoms with Crippen LogP contribution in [0.3, 0.4) is 0 Å². The summed E-state index contributed by atoms with van der Waals surface area (Å²) >= 11 is 0. The molecule has 0 bridgehead atoms. The maximum atomic E-state index is 6.06. The Bertz CT molecular complexity index is 801. The van der Waals surface area contributed by atoms with Gasteiger partial charge in [0.2, 0.25) is 0 Å². The van der Waals surface area contributed by atoms with Crippen molar-refractivity contribution in [3.05, 3.63) is 30.0 Å². The maximum absolute atomic E-state index is 6.06. The Hall–Kier alpha value is -1.79. The minimum Gasteiger partial charge on any atom is -0.379 e. The van der Waals surface area contributed by atoms with Gasteiger partial charge in [-0.3, -0.25) is 4.68 Å². The van der Waals surface area contributed by atoms with Gasteiger partial charge in [-0.1, -0.05) is 0 Å². The van der Waals surface area contributed by atoms with E-state index in [1.165, 1.54) is 36.9 Å². The average molecular weight is 382 g/mol. The van der Waals surface area contributed by atoms with E-state index in [0.29, 0.717) is 18.0 Å². The molecule has 2 saturated carbocycles. The Balaban J connectivity index is 1.39. The highest BCUT2D eigenvalue weighted by Gasteiger charge is 2.29. The second-order valence-corrected chi connectivity index (χ2v) is 8.96. The molecule has 0 radical (unpaired) electrons. The molecule has 6 heteroatoms. The predicted molar refractivity (Wildman–Crippen MR) is 108 cm³/mol. The minimum absolute atomic E-state index is 0.371. The zero-order valence-electron chi connectivity index (χ0n) is 16.6. The lowest BCUT2D eigenvalue weighted by molar-refractivity contribution is 0.184. The van der Waals surface area contributed by atoms with E-state index in [1.807, 2.05) is 18.5 Å². The summed E-state index contributed by atoms with van der Waals surface area (Å²) in [7, 11) is 0. The van der Waals surface area contributed by atoms with Gasteiger partial charge in [0.05, 0.1) is 24.5 Å². The molecule has 28 heavy (non-hydrogen) atoms. The van der Waals surface area contributed by atoms with Crippen LogP contribution in [0.1, 0.15) is 62.5 Å². The molecule has 3 aliphatic rings. The molecule has 2 aliphatic carbocycles. The fourth-order valence-electron chi connectivity index (χ4n) is 4.73. The Kier molecular flexibility index (Phi) is 5.16. The van der Waals surface area contributed by atoms with Crippen LogP contribution < -0.4 is 5.73 Å². The highest BCUT2D eigenvalue weighted by Crippen LogP contribution is 2.37. The van der Waals surface area contributed by atoms with Gasteiger partial charge in [0.15, 0.2) is 0 Å². The highest BCUT2D eigenvalue weighted by molar-refractivity contribution is 5.61. The standard InChI is InChI=1S/C22H31N5O/c23-17-5-3-16(4-6-17)12-22-24-9-7-20(26-22)19-13-25-27(18-8-10-28-14-18)21(19)11-15-1-2-15/h7,9,13,15-18H,1-6,8,10-12,14,23H2/t16?,17?,18-/m0/s1. The van der Waals surface area contributed by atoms with Crippen molar-refractivity contribution < 1.29 is 4.74 Å². The second-order valence-electron chi connectivity index (χ2n) is 8.96. The first-order valence-electron chi connectivity index (χ1n) is 11.0. The summed E-state index contributed by atoms with van der Waals surface area (Å²) in [4.78, 5) is 9.53. The van der Waals surface area contributed by atoms with Gasteiger partial charge in [0, 0.05) is 36.5 Å². The van der Waals surface area contributed by atoms with Crippen LogP contribution >= 0.6 is 0 Å². The Morgan fingerprint density at radius 1 is 1.04 bits per heavy atom. The van der Waals surface area contributed by atoms with E-state index in [9.17, 15) is 0 Å². The summed E-state index contributed by atoms with van der Waals surface area (Å²) in [5, 5.41) is 4.77. The molecule has 5 rings (SSSR count). The van der Waals surface area contributed by atoms with E-state index in [-0.39, 0.29) is 0 Å². The molecular weight excluding hydrogens is 350 g/mol. The lowest BCUT2D eigenvalue weighted by Crippen LogP contribution is -2.27. The van der Waals surface area contributed by atoms with Crippen LogP contribution in [0, 0.1) is 11.8 Å². The van der Waals surface area contributed by atoms with Gasteiger partial charge in [-0.25, -0.2) is 9.97 Å². The topological polar surface area (TPSA) is 78.8 Å². The van der Waals surface area contributed by atoms with Gasteiger partial charge < -0.3 is 10.5 Å². The summed E-state index contributed by atoms with van der Waals surface area (Å²) in [6, 6.07) is 2.80. The zero-order chi connectivity index (χ0) is 18.9. The third-order valence-electron chi connectivity index (χ3n) is 6.67. The molecular formula is C22H31N5O. The molecule has 1 saturated heterocycles. The molecule has 3 heterocycles. The van der Waals surface area contributed by atoms with Gasteiger partial charge >= 0.3 is 0 Å². The van der Waals surface area contributed by atoms with Crippen LogP contribution in [-0.2, 0) is 17.6 Å². The largest absolute Gasteiger partial charge is 0.379 e. The van der Waals surface area contributed by atoms with Crippen LogP contribution in [0.25, 0.3) is 11.3 Å². The Morgan fingerprint density at radius 2 is 1.82 bits per heavy atom. The molecule has 0 aromatic carbocycles. The quantitative estimate of drug-likeness (QED) is 0.830. The molecule has 150 valence electrons. The molecule has 3 fully saturated rings. The predicted octanol–water partition coefficient (Wildman–Crippen LogP) is 3.31. The summed E-state index contributed by atoms with van der Waals surface area (Å²) in [5.74, 6) is 2.44. The Labute approximate surface area is 166 Å². The fraction of sp³-hybridized carbons (Fsp3) is 0.682. The number of aromatic nitrogens is 4. The fourth-order valence-corrected chi connectivity index (χ4v) is 4.73. The van der Waals surface area contributed by atoms with Crippen molar-refractivity contribution in [1.82, 2.24) is 19.7 Å². The molecule has 2 N–H and O–H groups in total. The summed E-state index contributed by atoms with van der Waals surface area (Å²) in [6.45, 7) is 1.61. The van der Waals surface area contributed by atoms with E-state index in [0.717, 1.165) is 62.8 Å². The first-order chi connectivity index (χ1) is 13.8. The van der Waals surface area contributed by atoms with Crippen molar-refractivity contribution in [3.8, 4) is 11.3 Å². The first-order valence-corrected chi connectivity index (χ1v) is 11.0. The SMILES string of the molecule is NC1CCC(Cc2nccc(-c3cnn([C@H]4CCOC4)c3CC3CC3)n2)CC1. The van der Waals surface area contributed by atoms with Gasteiger partial charge in [0.25, 0.3) is 0 Å². The van der Waals surface area contributed by atoms with Crippen LogP contribution in [0.2, 0.25) is 0 Å². The third kappa shape index (κ3) is 3.98. The number of rotatable bonds is 6. The first kappa shape index (κ1) is 18.3. The van der Waals surface area contributed by atoms with Crippen LogP contribution in [0.15, 0.2) is 18.5 Å². The second kappa shape index (κ2) is 7.91. The lowest BCUT2D eigenvalue weighted by atomic mass is 9.84. The Morgan fingerprint density at radius 3 is 2.57 bits per heavy atom. The van der Waals surface area contributed by atoms with E-state index in [4.69, 9.17) is 20.6 Å². The third-order valence-corrected chi connectivity index (χ3v) is 6.67. The van der Waals surface area contributed by atoms with E-state index >= 15 is 0 Å². The van der Waals surface area contributed by atoms with E-state index in [1.54, 1.807) is 0 Å². The van der Waals surface area contributed by atoms with Crippen LogP contribution in [0.5, 0.6) is 0 Å². The van der Waals surface area contributed by atoms with Crippen molar-refractivity contribution in [2.75, 3.05) is 13.2 Å². The molecule has 0 unspecified atom stereocenters. The molecule has 2 aromatic heterocycles. The molecule has 0 amide bonds.